The Labute approximate surface area is 199 Å². The zero-order valence-corrected chi connectivity index (χ0v) is 19.5. The van der Waals surface area contributed by atoms with E-state index < -0.39 is 26.6 Å². The van der Waals surface area contributed by atoms with Gasteiger partial charge in [0, 0.05) is 30.1 Å². The molecule has 176 valence electrons. The fraction of sp³-hybridized carbons (Fsp3) is 0.217. The number of halogens is 2. The van der Waals surface area contributed by atoms with Crippen LogP contribution < -0.4 is 10.5 Å². The summed E-state index contributed by atoms with van der Waals surface area (Å²) in [7, 11) is -4.20. The SMILES string of the molecule is N#Cc1c(NC(=O)Cc2ccc(S(N)(=O)=O)c(F)c2)sc2c1CN(Cc1cccc(F)c1)CC2. The second-order valence-corrected chi connectivity index (χ2v) is 10.6. The molecule has 2 heterocycles. The highest BCUT2D eigenvalue weighted by atomic mass is 32.2. The molecule has 1 amide bonds. The van der Waals surface area contributed by atoms with Gasteiger partial charge in [0.25, 0.3) is 0 Å². The van der Waals surface area contributed by atoms with Gasteiger partial charge in [-0.05, 0) is 41.8 Å². The molecule has 3 aromatic rings. The number of carbonyl (C=O) groups excluding carboxylic acids is 1. The summed E-state index contributed by atoms with van der Waals surface area (Å²) < 4.78 is 50.2. The van der Waals surface area contributed by atoms with Crippen molar-refractivity contribution in [1.29, 1.82) is 5.26 Å². The Morgan fingerprint density at radius 2 is 2.00 bits per heavy atom. The van der Waals surface area contributed by atoms with Gasteiger partial charge < -0.3 is 5.32 Å². The average molecular weight is 503 g/mol. The Kier molecular flexibility index (Phi) is 6.77. The quantitative estimate of drug-likeness (QED) is 0.537. The summed E-state index contributed by atoms with van der Waals surface area (Å²) in [4.78, 5) is 15.0. The summed E-state index contributed by atoms with van der Waals surface area (Å²) in [6.07, 6.45) is 0.487. The van der Waals surface area contributed by atoms with Crippen LogP contribution in [0.4, 0.5) is 13.8 Å². The molecule has 4 rings (SSSR count). The highest BCUT2D eigenvalue weighted by Crippen LogP contribution is 2.37. The van der Waals surface area contributed by atoms with Crippen LogP contribution in [0.15, 0.2) is 47.4 Å². The molecule has 0 unspecified atom stereocenters. The van der Waals surface area contributed by atoms with E-state index in [2.05, 4.69) is 16.3 Å². The minimum absolute atomic E-state index is 0.207. The van der Waals surface area contributed by atoms with Gasteiger partial charge in [0.05, 0.1) is 12.0 Å². The Morgan fingerprint density at radius 1 is 1.21 bits per heavy atom. The topological polar surface area (TPSA) is 116 Å². The summed E-state index contributed by atoms with van der Waals surface area (Å²) in [6.45, 7) is 1.78. The van der Waals surface area contributed by atoms with E-state index in [1.165, 1.54) is 29.5 Å². The zero-order chi connectivity index (χ0) is 24.5. The summed E-state index contributed by atoms with van der Waals surface area (Å²) in [5, 5.41) is 17.8. The molecular formula is C23H20F2N4O3S2. The summed E-state index contributed by atoms with van der Waals surface area (Å²) in [5.74, 6) is -1.79. The molecule has 0 fully saturated rings. The standard InChI is InChI=1S/C23H20F2N4O3S2/c24-16-3-1-2-15(8-16)12-29-7-6-20-18(13-29)17(11-26)23(33-20)28-22(30)10-14-4-5-21(19(25)9-14)34(27,31)32/h1-5,8-9H,6-7,10,12-13H2,(H,28,30)(H2,27,31,32). The van der Waals surface area contributed by atoms with Gasteiger partial charge in [0.15, 0.2) is 0 Å². The van der Waals surface area contributed by atoms with Crippen molar-refractivity contribution >= 4 is 32.3 Å². The molecule has 7 nitrogen and oxygen atoms in total. The highest BCUT2D eigenvalue weighted by molar-refractivity contribution is 7.89. The largest absolute Gasteiger partial charge is 0.316 e. The molecule has 1 aromatic heterocycles. The third kappa shape index (κ3) is 5.31. The van der Waals surface area contributed by atoms with Crippen LogP contribution in [0.1, 0.15) is 27.1 Å². The Hall–Kier alpha value is -3.17. The third-order valence-electron chi connectivity index (χ3n) is 5.45. The minimum atomic E-state index is -4.20. The molecule has 11 heteroatoms. The number of benzene rings is 2. The summed E-state index contributed by atoms with van der Waals surface area (Å²) in [6, 6.07) is 11.8. The molecule has 0 atom stereocenters. The van der Waals surface area contributed by atoms with E-state index in [0.29, 0.717) is 30.1 Å². The molecule has 2 aromatic carbocycles. The van der Waals surface area contributed by atoms with E-state index in [1.54, 1.807) is 6.07 Å². The smallest absolute Gasteiger partial charge is 0.240 e. The first-order chi connectivity index (χ1) is 16.1. The number of nitrogens with two attached hydrogens (primary N) is 1. The molecule has 0 radical (unpaired) electrons. The molecule has 0 bridgehead atoms. The number of hydrogen-bond donors (Lipinski definition) is 2. The van der Waals surface area contributed by atoms with Crippen LogP contribution in [0.5, 0.6) is 0 Å². The van der Waals surface area contributed by atoms with Crippen molar-refractivity contribution in [1.82, 2.24) is 4.90 Å². The van der Waals surface area contributed by atoms with Crippen molar-refractivity contribution in [3.8, 4) is 6.07 Å². The molecule has 0 saturated carbocycles. The highest BCUT2D eigenvalue weighted by Gasteiger charge is 2.26. The number of fused-ring (bicyclic) bond motifs is 1. The molecule has 0 saturated heterocycles. The molecule has 3 N–H and O–H groups in total. The van der Waals surface area contributed by atoms with E-state index in [0.717, 1.165) is 34.7 Å². The van der Waals surface area contributed by atoms with Crippen LogP contribution >= 0.6 is 11.3 Å². The number of anilines is 1. The maximum atomic E-state index is 14.1. The lowest BCUT2D eigenvalue weighted by atomic mass is 10.0. The lowest BCUT2D eigenvalue weighted by molar-refractivity contribution is -0.115. The van der Waals surface area contributed by atoms with Crippen LogP contribution in [0.2, 0.25) is 0 Å². The minimum Gasteiger partial charge on any atom is -0.316 e. The molecule has 0 spiro atoms. The summed E-state index contributed by atoms with van der Waals surface area (Å²) in [5.41, 5.74) is 2.33. The normalized spacial score (nSPS) is 13.8. The Bertz CT molecular complexity index is 1410. The Balaban J connectivity index is 1.47. The van der Waals surface area contributed by atoms with Crippen LogP contribution in [-0.2, 0) is 40.7 Å². The van der Waals surface area contributed by atoms with Crippen molar-refractivity contribution in [3.63, 3.8) is 0 Å². The average Bonchev–Trinajstić information content (AvgIpc) is 3.08. The number of nitrogens with zero attached hydrogens (tertiary/aromatic N) is 2. The fourth-order valence-corrected chi connectivity index (χ4v) is 5.67. The number of primary sulfonamides is 1. The first-order valence-corrected chi connectivity index (χ1v) is 12.6. The second kappa shape index (κ2) is 9.60. The predicted molar refractivity (Wildman–Crippen MR) is 123 cm³/mol. The van der Waals surface area contributed by atoms with Crippen molar-refractivity contribution in [3.05, 3.63) is 81.2 Å². The van der Waals surface area contributed by atoms with Gasteiger partial charge in [-0.3, -0.25) is 9.69 Å². The van der Waals surface area contributed by atoms with Crippen LogP contribution in [0, 0.1) is 23.0 Å². The zero-order valence-electron chi connectivity index (χ0n) is 17.8. The van der Waals surface area contributed by atoms with Gasteiger partial charge in [0.2, 0.25) is 15.9 Å². The van der Waals surface area contributed by atoms with E-state index in [-0.39, 0.29) is 17.8 Å². The van der Waals surface area contributed by atoms with Crippen molar-refractivity contribution < 1.29 is 22.0 Å². The molecule has 34 heavy (non-hydrogen) atoms. The number of nitrogens with one attached hydrogen (secondary N) is 1. The van der Waals surface area contributed by atoms with Gasteiger partial charge in [-0.25, -0.2) is 22.3 Å². The second-order valence-electron chi connectivity index (χ2n) is 7.95. The monoisotopic (exact) mass is 502 g/mol. The van der Waals surface area contributed by atoms with Gasteiger partial charge in [-0.1, -0.05) is 18.2 Å². The van der Waals surface area contributed by atoms with E-state index in [1.807, 2.05) is 6.07 Å². The Morgan fingerprint density at radius 3 is 2.68 bits per heavy atom. The molecule has 1 aliphatic rings. The van der Waals surface area contributed by atoms with E-state index >= 15 is 0 Å². The van der Waals surface area contributed by atoms with Gasteiger partial charge in [-0.2, -0.15) is 5.26 Å². The van der Waals surface area contributed by atoms with Crippen molar-refractivity contribution in [2.45, 2.75) is 30.8 Å². The lowest BCUT2D eigenvalue weighted by Gasteiger charge is -2.27. The molecular weight excluding hydrogens is 482 g/mol. The van der Waals surface area contributed by atoms with Crippen molar-refractivity contribution in [2.24, 2.45) is 5.14 Å². The first-order valence-electron chi connectivity index (χ1n) is 10.3. The van der Waals surface area contributed by atoms with Gasteiger partial charge >= 0.3 is 0 Å². The van der Waals surface area contributed by atoms with Crippen LogP contribution in [-0.4, -0.2) is 25.8 Å². The predicted octanol–water partition coefficient (Wildman–Crippen LogP) is 3.28. The third-order valence-corrected chi connectivity index (χ3v) is 7.61. The molecule has 0 aliphatic carbocycles. The maximum absolute atomic E-state index is 14.1. The number of rotatable bonds is 6. The molecule has 1 aliphatic heterocycles. The first kappa shape index (κ1) is 24.0. The number of nitriles is 1. The summed E-state index contributed by atoms with van der Waals surface area (Å²) >= 11 is 1.33. The number of amides is 1. The number of thiophene rings is 1. The van der Waals surface area contributed by atoms with Crippen LogP contribution in [0.25, 0.3) is 0 Å². The van der Waals surface area contributed by atoms with E-state index in [4.69, 9.17) is 5.14 Å². The van der Waals surface area contributed by atoms with Gasteiger partial charge in [0.1, 0.15) is 27.6 Å². The van der Waals surface area contributed by atoms with Crippen molar-refractivity contribution in [2.75, 3.05) is 11.9 Å². The number of sulfonamides is 1. The maximum Gasteiger partial charge on any atom is 0.240 e. The fourth-order valence-electron chi connectivity index (χ4n) is 3.92. The van der Waals surface area contributed by atoms with Crippen LogP contribution in [0.3, 0.4) is 0 Å². The van der Waals surface area contributed by atoms with Gasteiger partial charge in [-0.15, -0.1) is 11.3 Å². The number of carbonyl (C=O) groups is 1. The lowest BCUT2D eigenvalue weighted by Crippen LogP contribution is -2.29. The van der Waals surface area contributed by atoms with E-state index in [9.17, 15) is 27.3 Å². The number of hydrogen-bond acceptors (Lipinski definition) is 6.